The van der Waals surface area contributed by atoms with Crippen molar-refractivity contribution in [3.05, 3.63) is 0 Å². The zero-order valence-corrected chi connectivity index (χ0v) is 11.8. The van der Waals surface area contributed by atoms with E-state index in [2.05, 4.69) is 10.4 Å². The first-order valence-corrected chi connectivity index (χ1v) is 10.0. The Labute approximate surface area is 84.9 Å². The predicted octanol–water partition coefficient (Wildman–Crippen LogP) is 0.688. The van der Waals surface area contributed by atoms with Gasteiger partial charge in [-0.25, -0.2) is 0 Å². The van der Waals surface area contributed by atoms with E-state index in [1.807, 2.05) is 0 Å². The molecule has 1 N–H and O–H groups in total. The first-order chi connectivity index (χ1) is 4.83. The molecular weight excluding hydrogens is 357 g/mol. The maximum atomic E-state index is 5.04. The molecule has 1 aliphatic rings. The fourth-order valence-corrected chi connectivity index (χ4v) is 1.91. The molecule has 54 valence electrons. The van der Waals surface area contributed by atoms with Crippen LogP contribution in [0.4, 0.5) is 0 Å². The van der Waals surface area contributed by atoms with Crippen molar-refractivity contribution < 1.29 is 0 Å². The quantitative estimate of drug-likeness (QED) is 0.543. The molecule has 0 aromatic rings. The summed E-state index contributed by atoms with van der Waals surface area (Å²) in [5, 5.41) is 2.21. The Morgan fingerprint density at radius 3 is 2.60 bits per heavy atom. The van der Waals surface area contributed by atoms with Crippen LogP contribution in [0.1, 0.15) is 12.8 Å². The van der Waals surface area contributed by atoms with E-state index in [0.717, 1.165) is 41.7 Å². The third-order valence-electron chi connectivity index (χ3n) is 1.46. The van der Waals surface area contributed by atoms with Gasteiger partial charge in [0.05, 0.1) is 0 Å². The third kappa shape index (κ3) is 3.02. The average Bonchev–Trinajstić information content (AvgIpc) is 2.40. The van der Waals surface area contributed by atoms with Gasteiger partial charge >= 0.3 is 85.5 Å². The molecule has 0 spiro atoms. The van der Waals surface area contributed by atoms with Crippen LogP contribution in [0.5, 0.6) is 0 Å². The van der Waals surface area contributed by atoms with Gasteiger partial charge < -0.3 is 0 Å². The average molecular weight is 366 g/mol. The van der Waals surface area contributed by atoms with Gasteiger partial charge in [0.15, 0.2) is 0 Å². The van der Waals surface area contributed by atoms with Crippen molar-refractivity contribution >= 4 is 49.1 Å². The minimum absolute atomic E-state index is 0.910. The van der Waals surface area contributed by atoms with Crippen molar-refractivity contribution in [2.24, 2.45) is 0 Å². The molecule has 1 rings (SSSR count). The van der Waals surface area contributed by atoms with E-state index in [0.29, 0.717) is 0 Å². The van der Waals surface area contributed by atoms with E-state index in [1.54, 1.807) is 8.31 Å². The molecule has 0 radical (unpaired) electrons. The zero-order chi connectivity index (χ0) is 7.40. The topological polar surface area (TPSA) is 15.3 Å². The summed E-state index contributed by atoms with van der Waals surface area (Å²) in [7, 11) is 1.76. The molecule has 0 aromatic heterocycles. The van der Waals surface area contributed by atoms with Crippen LogP contribution in [0, 0.1) is 0 Å². The summed E-state index contributed by atoms with van der Waals surface area (Å²) in [5.41, 5.74) is 3.20. The molecule has 0 atom stereocenters. The number of hydrazine groups is 1. The van der Waals surface area contributed by atoms with Gasteiger partial charge in [-0.2, -0.15) is 0 Å². The molecule has 5 heteroatoms. The summed E-state index contributed by atoms with van der Waals surface area (Å²) in [6.45, 7) is 2.32. The van der Waals surface area contributed by atoms with Gasteiger partial charge in [-0.1, -0.05) is 0 Å². The zero-order valence-electron chi connectivity index (χ0n) is 5.67. The molecule has 10 heavy (non-hydrogen) atoms. The van der Waals surface area contributed by atoms with Crippen LogP contribution in [0.25, 0.3) is 0 Å². The Balaban J connectivity index is 2.17. The van der Waals surface area contributed by atoms with Crippen LogP contribution in [0.15, 0.2) is 0 Å². The Morgan fingerprint density at radius 1 is 1.50 bits per heavy atom. The van der Waals surface area contributed by atoms with Gasteiger partial charge in [0, 0.05) is 0 Å². The van der Waals surface area contributed by atoms with Crippen LogP contribution < -0.4 is 5.43 Å². The number of nitrogens with one attached hydrogen (secondary N) is 1. The summed E-state index contributed by atoms with van der Waals surface area (Å²) in [5.74, 6) is 0. The van der Waals surface area contributed by atoms with Crippen molar-refractivity contribution in [1.82, 2.24) is 10.4 Å². The van der Waals surface area contributed by atoms with E-state index < -0.39 is 0 Å². The molecule has 1 heterocycles. The van der Waals surface area contributed by atoms with Crippen LogP contribution in [-0.2, 0) is 0 Å². The van der Waals surface area contributed by atoms with Crippen LogP contribution in [0.3, 0.4) is 0 Å². The van der Waals surface area contributed by atoms with E-state index in [4.69, 9.17) is 12.2 Å². The first-order valence-electron chi connectivity index (χ1n) is 3.25. The van der Waals surface area contributed by atoms with Crippen molar-refractivity contribution in [3.8, 4) is 0 Å². The second-order valence-corrected chi connectivity index (χ2v) is 6.27. The molecule has 0 bridgehead atoms. The Hall–Kier alpha value is 1.12. The van der Waals surface area contributed by atoms with Crippen LogP contribution in [0.2, 0.25) is 0 Å². The molecule has 0 unspecified atom stereocenters. The number of hydrogen-bond donors (Lipinski definition) is 1. The standard InChI is InChI=1S/C5H10N2S2.Tl/c8-5(9)6-7-3-1-2-4-7;/h1-4H2,(H2,6,8,9);/q;+1/p-1. The van der Waals surface area contributed by atoms with Gasteiger partial charge in [0.1, 0.15) is 0 Å². The fourth-order valence-electron chi connectivity index (χ4n) is 0.984. The number of rotatable bonds is 1. The molecule has 2 nitrogen and oxygen atoms in total. The van der Waals surface area contributed by atoms with E-state index in [-0.39, 0.29) is 0 Å². The van der Waals surface area contributed by atoms with Crippen molar-refractivity contribution in [2.75, 3.05) is 13.1 Å². The predicted molar refractivity (Wildman–Crippen MR) is 49.9 cm³/mol. The SMILES string of the molecule is S=C(NN1CCCC1)[S][Tl]. The normalized spacial score (nSPS) is 19.1. The molecule has 0 aliphatic carbocycles. The molecule has 0 saturated carbocycles. The number of hydrogen-bond acceptors (Lipinski definition) is 3. The molecule has 1 saturated heterocycles. The monoisotopic (exact) mass is 366 g/mol. The fraction of sp³-hybridized carbons (Fsp3) is 0.800. The van der Waals surface area contributed by atoms with Crippen molar-refractivity contribution in [3.63, 3.8) is 0 Å². The summed E-state index contributed by atoms with van der Waals surface area (Å²) in [6.07, 6.45) is 2.62. The van der Waals surface area contributed by atoms with E-state index in [9.17, 15) is 0 Å². The van der Waals surface area contributed by atoms with Crippen molar-refractivity contribution in [1.29, 1.82) is 0 Å². The van der Waals surface area contributed by atoms with Gasteiger partial charge in [0.2, 0.25) is 0 Å². The third-order valence-corrected chi connectivity index (χ3v) is 6.89. The Kier molecular flexibility index (Phi) is 4.51. The Bertz CT molecular complexity index is 125. The van der Waals surface area contributed by atoms with Gasteiger partial charge in [0.25, 0.3) is 0 Å². The van der Waals surface area contributed by atoms with Gasteiger partial charge in [-0.3, -0.25) is 0 Å². The number of nitrogens with zero attached hydrogens (tertiary/aromatic N) is 1. The second-order valence-electron chi connectivity index (χ2n) is 2.21. The first kappa shape index (κ1) is 9.21. The Morgan fingerprint density at radius 2 is 2.10 bits per heavy atom. The van der Waals surface area contributed by atoms with Gasteiger partial charge in [-0.05, 0) is 0 Å². The molecule has 1 aliphatic heterocycles. The molecule has 0 aromatic carbocycles. The maximum absolute atomic E-state index is 5.04. The van der Waals surface area contributed by atoms with Crippen LogP contribution in [-0.4, -0.2) is 46.7 Å². The summed E-state index contributed by atoms with van der Waals surface area (Å²) in [6, 6.07) is 0. The summed E-state index contributed by atoms with van der Waals surface area (Å²) < 4.78 is 0.951. The van der Waals surface area contributed by atoms with E-state index in [1.165, 1.54) is 12.8 Å². The molecular formula is C5H9N2S2Tl. The second kappa shape index (κ2) is 4.89. The molecule has 1 fully saturated rings. The summed E-state index contributed by atoms with van der Waals surface area (Å²) >= 11 is 5.95. The van der Waals surface area contributed by atoms with Crippen molar-refractivity contribution in [2.45, 2.75) is 12.8 Å². The van der Waals surface area contributed by atoms with Crippen LogP contribution >= 0.6 is 20.5 Å². The molecule has 0 amide bonds. The summed E-state index contributed by atoms with van der Waals surface area (Å²) in [4.78, 5) is 0. The minimum atomic E-state index is 0.910. The van der Waals surface area contributed by atoms with E-state index >= 15 is 0 Å². The van der Waals surface area contributed by atoms with Gasteiger partial charge in [-0.15, -0.1) is 0 Å². The number of thiocarbonyl (C=S) groups is 1.